The number of nitriles is 1. The quantitative estimate of drug-likeness (QED) is 0.195. The molecule has 4 heterocycles. The number of fused-ring (bicyclic) bond motifs is 2. The van der Waals surface area contributed by atoms with E-state index in [9.17, 15) is 28.7 Å². The molecule has 0 bridgehead atoms. The van der Waals surface area contributed by atoms with Crippen LogP contribution in [-0.2, 0) is 6.54 Å². The highest BCUT2D eigenvalue weighted by atomic mass is 35.5. The molecule has 5 aromatic rings. The van der Waals surface area contributed by atoms with Crippen molar-refractivity contribution < 1.29 is 23.4 Å². The van der Waals surface area contributed by atoms with Crippen molar-refractivity contribution in [1.82, 2.24) is 14.5 Å². The predicted molar refractivity (Wildman–Crippen MR) is 169 cm³/mol. The SMILES string of the molecule is Cc1cc(-c2cc(Cl)ccc2OCCn2c(C)nc3cc(Cl)c(N4CCC(F)(F)C4)c(C#N)c3c2=O)c2scc(C(=O)O)c2n1. The van der Waals surface area contributed by atoms with E-state index in [1.165, 1.54) is 26.9 Å². The molecule has 0 aliphatic carbocycles. The first-order chi connectivity index (χ1) is 21.4. The average Bonchev–Trinajstić information content (AvgIpc) is 3.56. The molecule has 0 radical (unpaired) electrons. The number of aromatic carboxylic acids is 1. The van der Waals surface area contributed by atoms with E-state index in [1.807, 2.05) is 12.1 Å². The summed E-state index contributed by atoms with van der Waals surface area (Å²) in [5.74, 6) is -3.22. The molecule has 230 valence electrons. The summed E-state index contributed by atoms with van der Waals surface area (Å²) in [6, 6.07) is 10.3. The number of anilines is 1. The Morgan fingerprint density at radius 2 is 1.98 bits per heavy atom. The van der Waals surface area contributed by atoms with Crippen molar-refractivity contribution in [2.45, 2.75) is 32.7 Å². The molecule has 45 heavy (non-hydrogen) atoms. The minimum absolute atomic E-state index is 0.00789. The number of pyridine rings is 1. The number of hydrogen-bond donors (Lipinski definition) is 1. The molecular formula is C31H23Cl2F2N5O4S. The van der Waals surface area contributed by atoms with Crippen molar-refractivity contribution in [3.8, 4) is 22.9 Å². The molecule has 0 atom stereocenters. The second-order valence-corrected chi connectivity index (χ2v) is 12.4. The molecule has 0 unspecified atom stereocenters. The monoisotopic (exact) mass is 669 g/mol. The zero-order valence-electron chi connectivity index (χ0n) is 23.8. The Hall–Kier alpha value is -4.31. The Bertz CT molecular complexity index is 2140. The van der Waals surface area contributed by atoms with E-state index in [-0.39, 0.29) is 58.9 Å². The number of thiophene rings is 1. The molecule has 14 heteroatoms. The van der Waals surface area contributed by atoms with E-state index in [2.05, 4.69) is 9.97 Å². The summed E-state index contributed by atoms with van der Waals surface area (Å²) < 4.78 is 36.2. The second kappa shape index (κ2) is 11.6. The maximum Gasteiger partial charge on any atom is 0.338 e. The van der Waals surface area contributed by atoms with Gasteiger partial charge in [-0.3, -0.25) is 14.3 Å². The Labute approximate surface area is 268 Å². The summed E-state index contributed by atoms with van der Waals surface area (Å²) in [6.07, 6.45) is -0.384. The largest absolute Gasteiger partial charge is 0.491 e. The van der Waals surface area contributed by atoms with Crippen molar-refractivity contribution in [2.75, 3.05) is 24.6 Å². The van der Waals surface area contributed by atoms with Gasteiger partial charge in [-0.15, -0.1) is 11.3 Å². The topological polar surface area (TPSA) is 121 Å². The van der Waals surface area contributed by atoms with Gasteiger partial charge < -0.3 is 14.7 Å². The molecule has 0 saturated carbocycles. The highest BCUT2D eigenvalue weighted by molar-refractivity contribution is 7.18. The van der Waals surface area contributed by atoms with Crippen LogP contribution in [0.2, 0.25) is 10.0 Å². The minimum atomic E-state index is -2.93. The summed E-state index contributed by atoms with van der Waals surface area (Å²) in [5.41, 5.74) is 2.05. The number of ether oxygens (including phenoxy) is 1. The first-order valence-electron chi connectivity index (χ1n) is 13.7. The second-order valence-electron chi connectivity index (χ2n) is 10.7. The van der Waals surface area contributed by atoms with Gasteiger partial charge in [0.25, 0.3) is 11.5 Å². The highest BCUT2D eigenvalue weighted by Gasteiger charge is 2.40. The number of carboxylic acids is 1. The van der Waals surface area contributed by atoms with Crippen LogP contribution in [0.4, 0.5) is 14.5 Å². The number of nitrogens with zero attached hydrogens (tertiary/aromatic N) is 5. The molecule has 0 spiro atoms. The Kier molecular flexibility index (Phi) is 7.89. The van der Waals surface area contributed by atoms with E-state index in [0.29, 0.717) is 43.6 Å². The molecule has 6 rings (SSSR count). The van der Waals surface area contributed by atoms with Crippen LogP contribution in [0.1, 0.15) is 33.9 Å². The number of aromatic nitrogens is 3. The Morgan fingerprint density at radius 3 is 2.67 bits per heavy atom. The summed E-state index contributed by atoms with van der Waals surface area (Å²) in [4.78, 5) is 35.8. The molecular weight excluding hydrogens is 647 g/mol. The van der Waals surface area contributed by atoms with Gasteiger partial charge in [-0.1, -0.05) is 23.2 Å². The zero-order valence-corrected chi connectivity index (χ0v) is 26.2. The summed E-state index contributed by atoms with van der Waals surface area (Å²) >= 11 is 14.1. The van der Waals surface area contributed by atoms with E-state index in [4.69, 9.17) is 27.9 Å². The van der Waals surface area contributed by atoms with E-state index in [0.717, 1.165) is 0 Å². The van der Waals surface area contributed by atoms with Crippen LogP contribution in [0.25, 0.3) is 32.2 Å². The highest BCUT2D eigenvalue weighted by Crippen LogP contribution is 2.41. The number of alkyl halides is 2. The standard InChI is InChI=1S/C31H23Cl2F2N5O4S/c1-15-9-19(28-26(37-15)21(13-45-28)30(42)43)18-10-17(32)3-4-24(18)44-8-7-40-16(2)38-23-11-22(33)27(20(12-36)25(23)29(40)41)39-6-5-31(34,35)14-39/h3-4,9-11,13H,5-8,14H2,1-2H3,(H,42,43). The summed E-state index contributed by atoms with van der Waals surface area (Å²) in [5, 5.41) is 21.7. The fourth-order valence-electron chi connectivity index (χ4n) is 5.63. The van der Waals surface area contributed by atoms with Crippen LogP contribution in [0.15, 0.2) is 40.5 Å². The predicted octanol–water partition coefficient (Wildman–Crippen LogP) is 7.09. The van der Waals surface area contributed by atoms with Gasteiger partial charge >= 0.3 is 5.97 Å². The molecule has 3 aromatic heterocycles. The van der Waals surface area contributed by atoms with Crippen molar-refractivity contribution in [3.63, 3.8) is 0 Å². The normalized spacial score (nSPS) is 14.3. The first kappa shape index (κ1) is 30.7. The van der Waals surface area contributed by atoms with Gasteiger partial charge in [-0.25, -0.2) is 18.6 Å². The van der Waals surface area contributed by atoms with Gasteiger partial charge in [-0.05, 0) is 44.2 Å². The summed E-state index contributed by atoms with van der Waals surface area (Å²) in [6.45, 7) is 2.85. The van der Waals surface area contributed by atoms with E-state index < -0.39 is 24.0 Å². The van der Waals surface area contributed by atoms with E-state index >= 15 is 0 Å². The summed E-state index contributed by atoms with van der Waals surface area (Å²) in [7, 11) is 0. The van der Waals surface area contributed by atoms with Crippen LogP contribution in [0.3, 0.4) is 0 Å². The number of hydrogen-bond acceptors (Lipinski definition) is 8. The fraction of sp³-hybridized carbons (Fsp3) is 0.258. The smallest absolute Gasteiger partial charge is 0.338 e. The number of halogens is 4. The lowest BCUT2D eigenvalue weighted by molar-refractivity contribution is 0.0257. The van der Waals surface area contributed by atoms with Crippen LogP contribution in [0.5, 0.6) is 5.75 Å². The van der Waals surface area contributed by atoms with Crippen LogP contribution < -0.4 is 15.2 Å². The van der Waals surface area contributed by atoms with Gasteiger partial charge in [0.15, 0.2) is 0 Å². The van der Waals surface area contributed by atoms with Gasteiger partial charge in [0.05, 0.1) is 56.0 Å². The molecule has 1 aliphatic heterocycles. The minimum Gasteiger partial charge on any atom is -0.491 e. The van der Waals surface area contributed by atoms with Crippen LogP contribution in [0, 0.1) is 25.2 Å². The maximum absolute atomic E-state index is 14.0. The number of carbonyl (C=O) groups is 1. The molecule has 2 aromatic carbocycles. The van der Waals surface area contributed by atoms with Gasteiger partial charge in [0.1, 0.15) is 24.3 Å². The average molecular weight is 671 g/mol. The van der Waals surface area contributed by atoms with Crippen molar-refractivity contribution in [1.29, 1.82) is 5.26 Å². The lowest BCUT2D eigenvalue weighted by Crippen LogP contribution is -2.29. The molecule has 1 N–H and O–H groups in total. The van der Waals surface area contributed by atoms with Crippen molar-refractivity contribution >= 4 is 67.3 Å². The Balaban J connectivity index is 1.36. The molecule has 9 nitrogen and oxygen atoms in total. The molecule has 1 aliphatic rings. The van der Waals surface area contributed by atoms with Gasteiger partial charge in [0, 0.05) is 40.2 Å². The third-order valence-electron chi connectivity index (χ3n) is 7.65. The van der Waals surface area contributed by atoms with E-state index in [1.54, 1.807) is 37.4 Å². The number of aryl methyl sites for hydroxylation is 2. The number of rotatable bonds is 7. The number of benzene rings is 2. The van der Waals surface area contributed by atoms with Gasteiger partial charge in [-0.2, -0.15) is 5.26 Å². The molecule has 1 saturated heterocycles. The molecule has 1 fully saturated rings. The van der Waals surface area contributed by atoms with Crippen molar-refractivity contribution in [2.24, 2.45) is 0 Å². The third kappa shape index (κ3) is 5.56. The third-order valence-corrected chi connectivity index (χ3v) is 9.17. The van der Waals surface area contributed by atoms with Crippen molar-refractivity contribution in [3.05, 3.63) is 78.8 Å². The number of carboxylic acid groups (broad SMARTS) is 1. The maximum atomic E-state index is 14.0. The van der Waals surface area contributed by atoms with Crippen LogP contribution >= 0.6 is 34.5 Å². The Morgan fingerprint density at radius 1 is 1.20 bits per heavy atom. The first-order valence-corrected chi connectivity index (χ1v) is 15.3. The fourth-order valence-corrected chi connectivity index (χ4v) is 7.13. The lowest BCUT2D eigenvalue weighted by atomic mass is 10.0. The zero-order chi connectivity index (χ0) is 32.2. The van der Waals surface area contributed by atoms with Crippen LogP contribution in [-0.4, -0.2) is 51.2 Å². The van der Waals surface area contributed by atoms with Gasteiger partial charge in [0.2, 0.25) is 0 Å². The molecule has 0 amide bonds. The lowest BCUT2D eigenvalue weighted by Gasteiger charge is -2.22.